The molecule has 1 aromatic heterocycles. The predicted octanol–water partition coefficient (Wildman–Crippen LogP) is 4.17. The van der Waals surface area contributed by atoms with Crippen molar-refractivity contribution in [3.05, 3.63) is 34.6 Å². The summed E-state index contributed by atoms with van der Waals surface area (Å²) in [5.74, 6) is 2.12. The SMILES string of the molecule is Brc1ccccc1-c1nnc(CNCCC2CCCC2)o1. The third-order valence-corrected chi connectivity index (χ3v) is 4.74. The number of benzene rings is 1. The molecule has 0 atom stereocenters. The largest absolute Gasteiger partial charge is 0.419 e. The van der Waals surface area contributed by atoms with Gasteiger partial charge in [0.1, 0.15) is 0 Å². The van der Waals surface area contributed by atoms with Gasteiger partial charge in [-0.2, -0.15) is 0 Å². The van der Waals surface area contributed by atoms with Crippen molar-refractivity contribution in [3.63, 3.8) is 0 Å². The Kier molecular flexibility index (Phi) is 5.04. The lowest BCUT2D eigenvalue weighted by atomic mass is 10.0. The van der Waals surface area contributed by atoms with E-state index in [1.54, 1.807) is 0 Å². The van der Waals surface area contributed by atoms with Crippen LogP contribution in [0.25, 0.3) is 11.5 Å². The number of hydrogen-bond acceptors (Lipinski definition) is 4. The molecule has 0 bridgehead atoms. The van der Waals surface area contributed by atoms with Crippen LogP contribution in [0.4, 0.5) is 0 Å². The first-order valence-corrected chi connectivity index (χ1v) is 8.40. The Morgan fingerprint density at radius 3 is 2.81 bits per heavy atom. The molecule has 1 aliphatic carbocycles. The summed E-state index contributed by atoms with van der Waals surface area (Å²) < 4.78 is 6.67. The van der Waals surface area contributed by atoms with Gasteiger partial charge in [0.05, 0.1) is 12.1 Å². The minimum atomic E-state index is 0.565. The van der Waals surface area contributed by atoms with Gasteiger partial charge in [-0.3, -0.25) is 0 Å². The molecule has 0 spiro atoms. The normalized spacial score (nSPS) is 15.7. The van der Waals surface area contributed by atoms with Crippen molar-refractivity contribution in [1.82, 2.24) is 15.5 Å². The Morgan fingerprint density at radius 1 is 1.19 bits per heavy atom. The highest BCUT2D eigenvalue weighted by Gasteiger charge is 2.14. The van der Waals surface area contributed by atoms with Crippen LogP contribution in [0, 0.1) is 5.92 Å². The zero-order valence-electron chi connectivity index (χ0n) is 12.0. The van der Waals surface area contributed by atoms with Crippen molar-refractivity contribution in [1.29, 1.82) is 0 Å². The first-order valence-electron chi connectivity index (χ1n) is 7.61. The van der Waals surface area contributed by atoms with Crippen LogP contribution in [0.15, 0.2) is 33.2 Å². The van der Waals surface area contributed by atoms with Crippen LogP contribution in [0.2, 0.25) is 0 Å². The minimum Gasteiger partial charge on any atom is -0.419 e. The molecule has 3 rings (SSSR count). The maximum atomic E-state index is 5.71. The molecule has 0 amide bonds. The second kappa shape index (κ2) is 7.18. The quantitative estimate of drug-likeness (QED) is 0.795. The summed E-state index contributed by atoms with van der Waals surface area (Å²) in [4.78, 5) is 0. The molecular weight excluding hydrogens is 330 g/mol. The van der Waals surface area contributed by atoms with Gasteiger partial charge >= 0.3 is 0 Å². The number of rotatable bonds is 6. The molecule has 0 aliphatic heterocycles. The summed E-state index contributed by atoms with van der Waals surface area (Å²) in [7, 11) is 0. The topological polar surface area (TPSA) is 51.0 Å². The van der Waals surface area contributed by atoms with Crippen molar-refractivity contribution in [2.24, 2.45) is 5.92 Å². The lowest BCUT2D eigenvalue weighted by molar-refractivity contribution is 0.443. The summed E-state index contributed by atoms with van der Waals surface area (Å²) in [5, 5.41) is 11.6. The summed E-state index contributed by atoms with van der Waals surface area (Å²) in [6.07, 6.45) is 6.86. The van der Waals surface area contributed by atoms with Gasteiger partial charge in [0.25, 0.3) is 0 Å². The molecule has 2 aromatic rings. The Hall–Kier alpha value is -1.20. The standard InChI is InChI=1S/C16H20BrN3O/c17-14-8-4-3-7-13(14)16-20-19-15(21-16)11-18-10-9-12-5-1-2-6-12/h3-4,7-8,12,18H,1-2,5-6,9-11H2. The molecular formula is C16H20BrN3O. The molecule has 1 heterocycles. The average Bonchev–Trinajstić information content (AvgIpc) is 3.16. The zero-order chi connectivity index (χ0) is 14.5. The number of nitrogens with zero attached hydrogens (tertiary/aromatic N) is 2. The smallest absolute Gasteiger partial charge is 0.248 e. The maximum Gasteiger partial charge on any atom is 0.248 e. The van der Waals surface area contributed by atoms with E-state index in [1.165, 1.54) is 32.1 Å². The third kappa shape index (κ3) is 3.92. The second-order valence-corrected chi connectivity index (χ2v) is 6.45. The molecule has 1 N–H and O–H groups in total. The zero-order valence-corrected chi connectivity index (χ0v) is 13.6. The van der Waals surface area contributed by atoms with Gasteiger partial charge in [-0.1, -0.05) is 37.8 Å². The van der Waals surface area contributed by atoms with Crippen molar-refractivity contribution in [2.75, 3.05) is 6.54 Å². The molecule has 1 fully saturated rings. The lowest BCUT2D eigenvalue weighted by Crippen LogP contribution is -2.17. The van der Waals surface area contributed by atoms with E-state index in [1.807, 2.05) is 24.3 Å². The first-order chi connectivity index (χ1) is 10.3. The van der Waals surface area contributed by atoms with E-state index < -0.39 is 0 Å². The molecule has 0 saturated heterocycles. The van der Waals surface area contributed by atoms with E-state index in [0.29, 0.717) is 18.3 Å². The second-order valence-electron chi connectivity index (χ2n) is 5.60. The van der Waals surface area contributed by atoms with Crippen LogP contribution in [0.1, 0.15) is 38.0 Å². The van der Waals surface area contributed by atoms with Crippen molar-refractivity contribution < 1.29 is 4.42 Å². The van der Waals surface area contributed by atoms with Crippen molar-refractivity contribution in [2.45, 2.75) is 38.6 Å². The van der Waals surface area contributed by atoms with Crippen LogP contribution in [0.5, 0.6) is 0 Å². The molecule has 5 heteroatoms. The van der Waals surface area contributed by atoms with Crippen molar-refractivity contribution in [3.8, 4) is 11.5 Å². The van der Waals surface area contributed by atoms with Crippen LogP contribution in [-0.2, 0) is 6.54 Å². The van der Waals surface area contributed by atoms with Crippen LogP contribution < -0.4 is 5.32 Å². The third-order valence-electron chi connectivity index (χ3n) is 4.05. The lowest BCUT2D eigenvalue weighted by Gasteiger charge is -2.08. The fourth-order valence-corrected chi connectivity index (χ4v) is 3.32. The molecule has 0 unspecified atom stereocenters. The minimum absolute atomic E-state index is 0.565. The summed E-state index contributed by atoms with van der Waals surface area (Å²) in [6.45, 7) is 1.67. The monoisotopic (exact) mass is 349 g/mol. The van der Waals surface area contributed by atoms with E-state index in [-0.39, 0.29) is 0 Å². The number of halogens is 1. The van der Waals surface area contributed by atoms with Gasteiger partial charge in [0, 0.05) is 4.47 Å². The Balaban J connectivity index is 1.50. The molecule has 4 nitrogen and oxygen atoms in total. The van der Waals surface area contributed by atoms with E-state index in [9.17, 15) is 0 Å². The number of hydrogen-bond donors (Lipinski definition) is 1. The molecule has 1 aliphatic rings. The fourth-order valence-electron chi connectivity index (χ4n) is 2.87. The predicted molar refractivity (Wildman–Crippen MR) is 85.7 cm³/mol. The summed E-state index contributed by atoms with van der Waals surface area (Å²) >= 11 is 3.50. The van der Waals surface area contributed by atoms with E-state index in [0.717, 1.165) is 22.5 Å². The van der Waals surface area contributed by atoms with Gasteiger partial charge < -0.3 is 9.73 Å². The average molecular weight is 350 g/mol. The van der Waals surface area contributed by atoms with Gasteiger partial charge in [-0.05, 0) is 46.9 Å². The highest BCUT2D eigenvalue weighted by molar-refractivity contribution is 9.10. The highest BCUT2D eigenvalue weighted by atomic mass is 79.9. The van der Waals surface area contributed by atoms with E-state index >= 15 is 0 Å². The molecule has 112 valence electrons. The fraction of sp³-hybridized carbons (Fsp3) is 0.500. The van der Waals surface area contributed by atoms with Crippen LogP contribution in [0.3, 0.4) is 0 Å². The first kappa shape index (κ1) is 14.7. The molecule has 1 saturated carbocycles. The number of aromatic nitrogens is 2. The van der Waals surface area contributed by atoms with Gasteiger partial charge in [0.2, 0.25) is 11.8 Å². The summed E-state index contributed by atoms with van der Waals surface area (Å²) in [5.41, 5.74) is 0.933. The van der Waals surface area contributed by atoms with Crippen molar-refractivity contribution >= 4 is 15.9 Å². The Bertz CT molecular complexity index is 578. The highest BCUT2D eigenvalue weighted by Crippen LogP contribution is 2.27. The molecule has 21 heavy (non-hydrogen) atoms. The summed E-state index contributed by atoms with van der Waals surface area (Å²) in [6, 6.07) is 7.87. The van der Waals surface area contributed by atoms with Crippen LogP contribution >= 0.6 is 15.9 Å². The maximum absolute atomic E-state index is 5.71. The number of nitrogens with one attached hydrogen (secondary N) is 1. The van der Waals surface area contributed by atoms with Gasteiger partial charge in [-0.25, -0.2) is 0 Å². The molecule has 0 radical (unpaired) electrons. The van der Waals surface area contributed by atoms with Crippen LogP contribution in [-0.4, -0.2) is 16.7 Å². The van der Waals surface area contributed by atoms with E-state index in [4.69, 9.17) is 4.42 Å². The molecule has 1 aromatic carbocycles. The Labute approximate surface area is 133 Å². The Morgan fingerprint density at radius 2 is 2.00 bits per heavy atom. The van der Waals surface area contributed by atoms with Gasteiger partial charge in [-0.15, -0.1) is 10.2 Å². The van der Waals surface area contributed by atoms with E-state index in [2.05, 4.69) is 31.4 Å². The van der Waals surface area contributed by atoms with Gasteiger partial charge in [0.15, 0.2) is 0 Å².